The van der Waals surface area contributed by atoms with Crippen LogP contribution in [0.25, 0.3) is 0 Å². The van der Waals surface area contributed by atoms with Crippen LogP contribution in [-0.2, 0) is 20.1 Å². The van der Waals surface area contributed by atoms with Gasteiger partial charge in [-0.1, -0.05) is 12.1 Å². The van der Waals surface area contributed by atoms with Crippen LogP contribution in [0.15, 0.2) is 28.7 Å². The van der Waals surface area contributed by atoms with E-state index in [0.717, 1.165) is 28.0 Å². The van der Waals surface area contributed by atoms with E-state index in [4.69, 9.17) is 10.5 Å². The molecule has 0 bridgehead atoms. The fourth-order valence-electron chi connectivity index (χ4n) is 1.91. The number of hydrogen-bond acceptors (Lipinski definition) is 3. The lowest BCUT2D eigenvalue weighted by Crippen LogP contribution is -2.04. The monoisotopic (exact) mass is 323 g/mol. The van der Waals surface area contributed by atoms with Crippen molar-refractivity contribution < 1.29 is 4.74 Å². The quantitative estimate of drug-likeness (QED) is 0.920. The molecule has 0 fully saturated rings. The molecule has 2 aromatic rings. The SMILES string of the molecule is Cc1nn(C)c(COc2ccc(CCN)cc2)c1Br. The van der Waals surface area contributed by atoms with Crippen LogP contribution in [0.5, 0.6) is 5.75 Å². The van der Waals surface area contributed by atoms with Gasteiger partial charge >= 0.3 is 0 Å². The molecular weight excluding hydrogens is 306 g/mol. The Balaban J connectivity index is 2.02. The average Bonchev–Trinajstić information content (AvgIpc) is 2.64. The Morgan fingerprint density at radius 3 is 2.53 bits per heavy atom. The second-order valence-corrected chi connectivity index (χ2v) is 5.23. The van der Waals surface area contributed by atoms with Crippen LogP contribution in [0.4, 0.5) is 0 Å². The van der Waals surface area contributed by atoms with Crippen molar-refractivity contribution >= 4 is 15.9 Å². The van der Waals surface area contributed by atoms with Gasteiger partial charge in [0.25, 0.3) is 0 Å². The summed E-state index contributed by atoms with van der Waals surface area (Å²) >= 11 is 3.53. The summed E-state index contributed by atoms with van der Waals surface area (Å²) in [6.07, 6.45) is 0.896. The normalized spacial score (nSPS) is 10.7. The van der Waals surface area contributed by atoms with Gasteiger partial charge in [-0.2, -0.15) is 5.10 Å². The van der Waals surface area contributed by atoms with Crippen molar-refractivity contribution in [1.29, 1.82) is 0 Å². The van der Waals surface area contributed by atoms with E-state index >= 15 is 0 Å². The minimum Gasteiger partial charge on any atom is -0.487 e. The van der Waals surface area contributed by atoms with E-state index in [1.54, 1.807) is 0 Å². The predicted molar refractivity (Wildman–Crippen MR) is 79.2 cm³/mol. The maximum Gasteiger partial charge on any atom is 0.131 e. The number of rotatable bonds is 5. The third-order valence-corrected chi connectivity index (χ3v) is 4.03. The van der Waals surface area contributed by atoms with Gasteiger partial charge < -0.3 is 10.5 Å². The number of halogens is 1. The van der Waals surface area contributed by atoms with Gasteiger partial charge in [0, 0.05) is 7.05 Å². The third-order valence-electron chi connectivity index (χ3n) is 2.99. The summed E-state index contributed by atoms with van der Waals surface area (Å²) in [6, 6.07) is 8.04. The second-order valence-electron chi connectivity index (χ2n) is 4.44. The van der Waals surface area contributed by atoms with Gasteiger partial charge in [0.15, 0.2) is 0 Å². The molecule has 1 aromatic heterocycles. The minimum atomic E-state index is 0.494. The zero-order valence-electron chi connectivity index (χ0n) is 11.2. The van der Waals surface area contributed by atoms with Crippen molar-refractivity contribution in [3.63, 3.8) is 0 Å². The maximum absolute atomic E-state index is 5.78. The van der Waals surface area contributed by atoms with E-state index < -0.39 is 0 Å². The minimum absolute atomic E-state index is 0.494. The molecule has 2 N–H and O–H groups in total. The van der Waals surface area contributed by atoms with Gasteiger partial charge in [-0.15, -0.1) is 0 Å². The van der Waals surface area contributed by atoms with E-state index in [1.807, 2.05) is 42.9 Å². The lowest BCUT2D eigenvalue weighted by atomic mass is 10.1. The number of nitrogens with zero attached hydrogens (tertiary/aromatic N) is 2. The molecule has 1 aromatic carbocycles. The molecule has 19 heavy (non-hydrogen) atoms. The van der Waals surface area contributed by atoms with Crippen LogP contribution >= 0.6 is 15.9 Å². The van der Waals surface area contributed by atoms with Crippen molar-refractivity contribution in [2.45, 2.75) is 20.0 Å². The van der Waals surface area contributed by atoms with Crippen LogP contribution in [-0.4, -0.2) is 16.3 Å². The van der Waals surface area contributed by atoms with Gasteiger partial charge in [0.05, 0.1) is 15.9 Å². The molecule has 0 aliphatic heterocycles. The van der Waals surface area contributed by atoms with E-state index in [2.05, 4.69) is 21.0 Å². The van der Waals surface area contributed by atoms with Crippen LogP contribution in [0.3, 0.4) is 0 Å². The number of hydrogen-bond donors (Lipinski definition) is 1. The Labute approximate surface area is 121 Å². The van der Waals surface area contributed by atoms with E-state index in [-0.39, 0.29) is 0 Å². The van der Waals surface area contributed by atoms with Crippen molar-refractivity contribution in [3.05, 3.63) is 45.7 Å². The Morgan fingerprint density at radius 2 is 2.00 bits per heavy atom. The second kappa shape index (κ2) is 6.21. The number of aryl methyl sites for hydroxylation is 2. The smallest absolute Gasteiger partial charge is 0.131 e. The highest BCUT2D eigenvalue weighted by molar-refractivity contribution is 9.10. The van der Waals surface area contributed by atoms with Crippen LogP contribution < -0.4 is 10.5 Å². The number of nitrogens with two attached hydrogens (primary N) is 1. The molecule has 0 saturated carbocycles. The maximum atomic E-state index is 5.78. The summed E-state index contributed by atoms with van der Waals surface area (Å²) in [5.41, 5.74) is 8.75. The van der Waals surface area contributed by atoms with Crippen molar-refractivity contribution in [1.82, 2.24) is 9.78 Å². The van der Waals surface area contributed by atoms with Gasteiger partial charge in [0.1, 0.15) is 12.4 Å². The zero-order valence-corrected chi connectivity index (χ0v) is 12.8. The van der Waals surface area contributed by atoms with Crippen molar-refractivity contribution in [2.75, 3.05) is 6.54 Å². The molecule has 0 radical (unpaired) electrons. The lowest BCUT2D eigenvalue weighted by Gasteiger charge is -2.08. The first-order chi connectivity index (χ1) is 9.11. The highest BCUT2D eigenvalue weighted by Crippen LogP contribution is 2.22. The summed E-state index contributed by atoms with van der Waals surface area (Å²) in [5, 5.41) is 4.34. The highest BCUT2D eigenvalue weighted by atomic mass is 79.9. The Hall–Kier alpha value is -1.33. The molecule has 0 spiro atoms. The van der Waals surface area contributed by atoms with Gasteiger partial charge in [-0.05, 0) is 53.5 Å². The summed E-state index contributed by atoms with van der Waals surface area (Å²) in [7, 11) is 1.92. The van der Waals surface area contributed by atoms with E-state index in [0.29, 0.717) is 13.2 Å². The summed E-state index contributed by atoms with van der Waals surface area (Å²) < 4.78 is 8.62. The number of benzene rings is 1. The van der Waals surface area contributed by atoms with E-state index in [1.165, 1.54) is 5.56 Å². The summed E-state index contributed by atoms with van der Waals surface area (Å²) in [6.45, 7) is 3.13. The fourth-order valence-corrected chi connectivity index (χ4v) is 2.36. The Bertz CT molecular complexity index is 549. The first-order valence-corrected chi connectivity index (χ1v) is 7.01. The largest absolute Gasteiger partial charge is 0.487 e. The lowest BCUT2D eigenvalue weighted by molar-refractivity contribution is 0.294. The molecule has 102 valence electrons. The Kier molecular flexibility index (Phi) is 4.61. The van der Waals surface area contributed by atoms with Crippen molar-refractivity contribution in [3.8, 4) is 5.75 Å². The van der Waals surface area contributed by atoms with Crippen LogP contribution in [0.1, 0.15) is 17.0 Å². The molecule has 5 heteroatoms. The molecule has 4 nitrogen and oxygen atoms in total. The van der Waals surface area contributed by atoms with Gasteiger partial charge in [-0.25, -0.2) is 0 Å². The molecular formula is C14H18BrN3O. The molecule has 0 aliphatic carbocycles. The van der Waals surface area contributed by atoms with Gasteiger partial charge in [-0.3, -0.25) is 4.68 Å². The van der Waals surface area contributed by atoms with Crippen molar-refractivity contribution in [2.24, 2.45) is 12.8 Å². The molecule has 0 aliphatic rings. The predicted octanol–water partition coefficient (Wildman–Crippen LogP) is 2.57. The molecule has 0 atom stereocenters. The highest BCUT2D eigenvalue weighted by Gasteiger charge is 2.10. The molecule has 1 heterocycles. The molecule has 0 saturated heterocycles. The first kappa shape index (κ1) is 14.1. The molecule has 0 amide bonds. The van der Waals surface area contributed by atoms with E-state index in [9.17, 15) is 0 Å². The topological polar surface area (TPSA) is 53.1 Å². The third kappa shape index (κ3) is 3.36. The summed E-state index contributed by atoms with van der Waals surface area (Å²) in [4.78, 5) is 0. The first-order valence-electron chi connectivity index (χ1n) is 6.21. The van der Waals surface area contributed by atoms with Crippen LogP contribution in [0.2, 0.25) is 0 Å². The summed E-state index contributed by atoms with van der Waals surface area (Å²) in [5.74, 6) is 0.853. The molecule has 0 unspecified atom stereocenters. The zero-order chi connectivity index (χ0) is 13.8. The standard InChI is InChI=1S/C14H18BrN3O/c1-10-14(15)13(18(2)17-10)9-19-12-5-3-11(4-6-12)7-8-16/h3-6H,7-9,16H2,1-2H3. The number of aromatic nitrogens is 2. The van der Waals surface area contributed by atoms with Gasteiger partial charge in [0.2, 0.25) is 0 Å². The Morgan fingerprint density at radius 1 is 1.32 bits per heavy atom. The molecule has 2 rings (SSSR count). The number of ether oxygens (including phenoxy) is 1. The fraction of sp³-hybridized carbons (Fsp3) is 0.357. The van der Waals surface area contributed by atoms with Crippen LogP contribution in [0, 0.1) is 6.92 Å². The average molecular weight is 324 g/mol.